The van der Waals surface area contributed by atoms with Gasteiger partial charge in [-0.3, -0.25) is 14.4 Å². The fraction of sp³-hybridized carbons (Fsp3) is 0.565. The number of amides is 3. The molecular formula is C69H96N6O24. The highest BCUT2D eigenvalue weighted by atomic mass is 16.6. The number of carbonyl (C=O) groups excluding carboxylic acids is 9. The molecule has 3 amide bonds. The van der Waals surface area contributed by atoms with Crippen molar-refractivity contribution in [2.24, 2.45) is 16.2 Å². The molecule has 0 bridgehead atoms. The van der Waals surface area contributed by atoms with E-state index in [1.165, 1.54) is 72.8 Å². The molecule has 0 saturated heterocycles. The van der Waals surface area contributed by atoms with Crippen LogP contribution in [0.1, 0.15) is 183 Å². The summed E-state index contributed by atoms with van der Waals surface area (Å²) in [6, 6.07) is 15.3. The Morgan fingerprint density at radius 3 is 1.03 bits per heavy atom. The Morgan fingerprint density at radius 2 is 0.687 bits per heavy atom. The molecule has 99 heavy (non-hydrogen) atoms. The summed E-state index contributed by atoms with van der Waals surface area (Å²) in [6.45, 7) is 11.7. The monoisotopic (exact) mass is 1390 g/mol. The van der Waals surface area contributed by atoms with Gasteiger partial charge in [-0.05, 0) is 147 Å². The molecule has 30 heteroatoms. The van der Waals surface area contributed by atoms with Crippen LogP contribution in [-0.4, -0.2) is 148 Å². The highest BCUT2D eigenvalue weighted by Gasteiger charge is 2.31. The lowest BCUT2D eigenvalue weighted by molar-refractivity contribution is -0.158. The topological polar surface area (TPSA) is 399 Å². The molecule has 1 heterocycles. The van der Waals surface area contributed by atoms with Crippen LogP contribution in [0.4, 0.5) is 14.4 Å². The van der Waals surface area contributed by atoms with Crippen LogP contribution < -0.4 is 47.2 Å². The van der Waals surface area contributed by atoms with Gasteiger partial charge in [-0.15, -0.1) is 0 Å². The Kier molecular flexibility index (Phi) is 34.0. The fourth-order valence-corrected chi connectivity index (χ4v) is 9.00. The van der Waals surface area contributed by atoms with Gasteiger partial charge in [-0.25, -0.2) is 56.9 Å². The number of nitrogens with zero attached hydrogens (tertiary/aromatic N) is 3. The summed E-state index contributed by atoms with van der Waals surface area (Å²) in [6.07, 6.45) is 3.54. The molecular weight excluding hydrogens is 1300 g/mol. The summed E-state index contributed by atoms with van der Waals surface area (Å²) in [5, 5.41) is 37.9. The third-order valence-corrected chi connectivity index (χ3v) is 15.1. The summed E-state index contributed by atoms with van der Waals surface area (Å²) < 4.78 is 48.6. The van der Waals surface area contributed by atoms with Crippen LogP contribution in [0, 0.1) is 16.2 Å². The third-order valence-electron chi connectivity index (χ3n) is 15.1. The van der Waals surface area contributed by atoms with Gasteiger partial charge in [-0.1, -0.05) is 78.1 Å². The molecule has 0 aliphatic carbocycles. The van der Waals surface area contributed by atoms with E-state index in [2.05, 4.69) is 29.8 Å². The van der Waals surface area contributed by atoms with E-state index < -0.39 is 152 Å². The SMILES string of the molecule is CCCCCCC(C)(C)C(=O)OCC(O)COC(=O)c1ccc(OC(=O)NCCCCCCn2c(=O)n(CNC(=O)Oc3ccc(C(=O)OCC(O)COC(=O)C(C)(C)C)cc3)c(=O)n(CNC(=O)Oc3ccc(C(=O)OCC(O)COC(=O)C(C)(C)CCCCCC)cc3)c2=O)cc1. The molecule has 4 aromatic rings. The molecule has 0 fully saturated rings. The van der Waals surface area contributed by atoms with Crippen molar-refractivity contribution in [3.05, 3.63) is 121 Å². The van der Waals surface area contributed by atoms with Crippen molar-refractivity contribution >= 4 is 54.1 Å². The Labute approximate surface area is 573 Å². The van der Waals surface area contributed by atoms with Gasteiger partial charge in [0.1, 0.15) is 88.5 Å². The molecule has 0 saturated carbocycles. The number of hydrogen-bond acceptors (Lipinski definition) is 24. The number of rotatable bonds is 41. The van der Waals surface area contributed by atoms with Gasteiger partial charge < -0.3 is 73.9 Å². The van der Waals surface area contributed by atoms with Crippen molar-refractivity contribution in [3.63, 3.8) is 0 Å². The van der Waals surface area contributed by atoms with Gasteiger partial charge in [0.25, 0.3) is 0 Å². The zero-order valence-corrected chi connectivity index (χ0v) is 57.9. The summed E-state index contributed by atoms with van der Waals surface area (Å²) in [5.74, 6) is -4.12. The Morgan fingerprint density at radius 1 is 0.384 bits per heavy atom. The van der Waals surface area contributed by atoms with Crippen LogP contribution in [0.5, 0.6) is 17.2 Å². The van der Waals surface area contributed by atoms with E-state index in [-0.39, 0.29) is 60.1 Å². The standard InChI is InChI=1S/C69H96N6O24/c1-10-12-14-18-34-68(6,7)59(83)95-42-50(77)39-92-56(80)46-22-28-52(29-23-46)97-61(85)70-36-20-16-17-21-37-73-64(88)74(44-71-62(86)98-53-30-24-47(25-31-53)55(79)91-38-49(76)41-94-58(82)67(3,4)5)66(90)75(65(73)89)45-72-63(87)99-54-32-26-48(27-33-54)57(81)93-40-51(78)43-96-60(84)69(8,9)35-19-15-13-11-2/h22-33,49-51,76-78H,10-21,34-45H2,1-9H3,(H,70,85)(H,71,86)(H,72,87). The number of nitrogens with one attached hydrogen (secondary N) is 3. The van der Waals surface area contributed by atoms with Crippen molar-refractivity contribution in [3.8, 4) is 17.2 Å². The number of hydrogen-bond donors (Lipinski definition) is 6. The van der Waals surface area contributed by atoms with Crippen molar-refractivity contribution in [1.82, 2.24) is 29.7 Å². The van der Waals surface area contributed by atoms with Crippen molar-refractivity contribution in [2.75, 3.05) is 46.2 Å². The number of unbranched alkanes of at least 4 members (excludes halogenated alkanes) is 9. The predicted octanol–water partition coefficient (Wildman–Crippen LogP) is 7.23. The number of ether oxygens (including phenoxy) is 9. The zero-order chi connectivity index (χ0) is 73.3. The number of esters is 6. The molecule has 0 aliphatic rings. The van der Waals surface area contributed by atoms with Crippen LogP contribution in [0.15, 0.2) is 87.2 Å². The van der Waals surface area contributed by atoms with Crippen LogP contribution >= 0.6 is 0 Å². The lowest BCUT2D eigenvalue weighted by Gasteiger charge is -2.23. The van der Waals surface area contributed by atoms with Crippen molar-refractivity contribution < 1.29 is 101 Å². The molecule has 3 atom stereocenters. The van der Waals surface area contributed by atoms with Gasteiger partial charge in [0.05, 0.1) is 32.9 Å². The Balaban J connectivity index is 1.33. The van der Waals surface area contributed by atoms with Crippen LogP contribution in [0.2, 0.25) is 0 Å². The van der Waals surface area contributed by atoms with E-state index in [1.54, 1.807) is 48.5 Å². The average Bonchev–Trinajstić information content (AvgIpc) is 0.784. The highest BCUT2D eigenvalue weighted by Crippen LogP contribution is 2.28. The molecule has 4 rings (SSSR count). The quantitative estimate of drug-likeness (QED) is 0.0145. The normalized spacial score (nSPS) is 12.4. The van der Waals surface area contributed by atoms with Crippen LogP contribution in [0.25, 0.3) is 0 Å². The molecule has 0 aliphatic heterocycles. The second-order valence-corrected chi connectivity index (χ2v) is 25.8. The van der Waals surface area contributed by atoms with Gasteiger partial charge in [-0.2, -0.15) is 0 Å². The molecule has 3 aromatic carbocycles. The van der Waals surface area contributed by atoms with Gasteiger partial charge in [0.2, 0.25) is 0 Å². The molecule has 0 radical (unpaired) electrons. The molecule has 30 nitrogen and oxygen atoms in total. The first kappa shape index (κ1) is 82.0. The lowest BCUT2D eigenvalue weighted by atomic mass is 9.87. The van der Waals surface area contributed by atoms with E-state index in [0.717, 1.165) is 51.4 Å². The molecule has 546 valence electrons. The second kappa shape index (κ2) is 41.1. The highest BCUT2D eigenvalue weighted by molar-refractivity contribution is 5.91. The van der Waals surface area contributed by atoms with E-state index in [4.69, 9.17) is 42.6 Å². The first-order valence-corrected chi connectivity index (χ1v) is 33.0. The van der Waals surface area contributed by atoms with E-state index in [1.807, 2.05) is 0 Å². The lowest BCUT2D eigenvalue weighted by Crippen LogP contribution is -2.57. The molecule has 6 N–H and O–H groups in total. The maximum Gasteiger partial charge on any atom is 0.414 e. The average molecular weight is 1390 g/mol. The second-order valence-electron chi connectivity index (χ2n) is 25.8. The largest absolute Gasteiger partial charge is 0.462 e. The van der Waals surface area contributed by atoms with Gasteiger partial charge in [0, 0.05) is 13.1 Å². The number of carbonyl (C=O) groups is 9. The first-order chi connectivity index (χ1) is 46.8. The summed E-state index contributed by atoms with van der Waals surface area (Å²) in [7, 11) is 0. The smallest absolute Gasteiger partial charge is 0.414 e. The maximum absolute atomic E-state index is 13.9. The Bertz CT molecular complexity index is 3480. The molecule has 0 spiro atoms. The van der Waals surface area contributed by atoms with Crippen molar-refractivity contribution in [1.29, 1.82) is 0 Å². The minimum absolute atomic E-state index is 0.00202. The summed E-state index contributed by atoms with van der Waals surface area (Å²) in [4.78, 5) is 156. The molecule has 1 aromatic heterocycles. The van der Waals surface area contributed by atoms with Gasteiger partial charge in [0.15, 0.2) is 0 Å². The first-order valence-electron chi connectivity index (χ1n) is 33.0. The van der Waals surface area contributed by atoms with Crippen molar-refractivity contribution in [2.45, 2.75) is 190 Å². The van der Waals surface area contributed by atoms with Gasteiger partial charge >= 0.3 is 71.2 Å². The van der Waals surface area contributed by atoms with E-state index >= 15 is 0 Å². The fourth-order valence-electron chi connectivity index (χ4n) is 9.00. The van der Waals surface area contributed by atoms with Crippen LogP contribution in [-0.2, 0) is 62.7 Å². The van der Waals surface area contributed by atoms with Crippen LogP contribution in [0.3, 0.4) is 0 Å². The van der Waals surface area contributed by atoms with E-state index in [9.17, 15) is 72.9 Å². The summed E-state index contributed by atoms with van der Waals surface area (Å²) >= 11 is 0. The third kappa shape index (κ3) is 29.3. The summed E-state index contributed by atoms with van der Waals surface area (Å²) in [5.41, 5.74) is -5.79. The number of benzene rings is 3. The number of aliphatic hydroxyl groups is 3. The zero-order valence-electron chi connectivity index (χ0n) is 57.9. The Hall–Kier alpha value is -9.42. The van der Waals surface area contributed by atoms with E-state index in [0.29, 0.717) is 45.8 Å². The minimum atomic E-state index is -1.31. The maximum atomic E-state index is 13.9. The minimum Gasteiger partial charge on any atom is -0.462 e. The molecule has 3 unspecified atom stereocenters. The predicted molar refractivity (Wildman–Crippen MR) is 356 cm³/mol. The number of aliphatic hydroxyl groups excluding tert-OH is 3. The number of aromatic nitrogens is 3.